The van der Waals surface area contributed by atoms with Crippen LogP contribution < -0.4 is 4.74 Å². The molecule has 8 heteroatoms. The number of halogens is 1. The maximum Gasteiger partial charge on any atom is 0.265 e. The first kappa shape index (κ1) is 17.4. The van der Waals surface area contributed by atoms with E-state index in [2.05, 4.69) is 15.9 Å². The van der Waals surface area contributed by atoms with Gasteiger partial charge in [-0.05, 0) is 58.8 Å². The number of carbonyl (C=O) groups is 2. The summed E-state index contributed by atoms with van der Waals surface area (Å²) in [4.78, 5) is 27.1. The van der Waals surface area contributed by atoms with E-state index in [-0.39, 0.29) is 22.2 Å². The minimum atomic E-state index is -0.472. The van der Waals surface area contributed by atoms with Crippen LogP contribution in [0.4, 0.5) is 0 Å². The number of phenolic OH excluding ortho intramolecular Hbond substituents is 1. The molecule has 0 aromatic heterocycles. The molecule has 0 aliphatic carbocycles. The van der Waals surface area contributed by atoms with Crippen molar-refractivity contribution >= 4 is 51.2 Å². The molecule has 0 atom stereocenters. The number of aromatic hydroxyl groups is 1. The van der Waals surface area contributed by atoms with Gasteiger partial charge in [-0.15, -0.1) is 0 Å². The topological polar surface area (TPSA) is 70.1 Å². The van der Waals surface area contributed by atoms with E-state index in [0.717, 1.165) is 0 Å². The van der Waals surface area contributed by atoms with Crippen LogP contribution in [0.15, 0.2) is 22.2 Å². The number of rotatable bonds is 3. The van der Waals surface area contributed by atoms with E-state index in [0.29, 0.717) is 16.6 Å². The molecule has 1 fully saturated rings. The average Bonchev–Trinajstić information content (AvgIpc) is 2.52. The van der Waals surface area contributed by atoms with Gasteiger partial charge in [0.25, 0.3) is 11.8 Å². The minimum absolute atomic E-state index is 0.0105. The van der Waals surface area contributed by atoms with Crippen molar-refractivity contribution in [2.75, 3.05) is 20.7 Å². The number of hydrogen-bond donors (Lipinski definition) is 1. The number of thiocarbonyl (C=S) groups is 1. The number of likely N-dealkylation sites (N-methyl/N-ethyl adjacent to an activating group) is 2. The smallest absolute Gasteiger partial charge is 0.265 e. The number of hydrogen-bond acceptors (Lipinski definition) is 5. The Balaban J connectivity index is 2.50. The molecule has 1 aliphatic rings. The van der Waals surface area contributed by atoms with Gasteiger partial charge in [0.2, 0.25) is 0 Å². The summed E-state index contributed by atoms with van der Waals surface area (Å²) in [5.41, 5.74) is 0.535. The maximum absolute atomic E-state index is 12.3. The van der Waals surface area contributed by atoms with Gasteiger partial charge in [0.15, 0.2) is 16.6 Å². The number of nitrogens with zero attached hydrogens (tertiary/aromatic N) is 2. The van der Waals surface area contributed by atoms with Crippen molar-refractivity contribution in [1.82, 2.24) is 9.80 Å². The first-order valence-electron chi connectivity index (χ1n) is 6.75. The summed E-state index contributed by atoms with van der Waals surface area (Å²) in [7, 11) is 3.03. The highest BCUT2D eigenvalue weighted by Gasteiger charge is 2.35. The number of ether oxygens (including phenoxy) is 1. The molecule has 1 N–H and O–H groups in total. The molecule has 2 rings (SSSR count). The van der Waals surface area contributed by atoms with E-state index >= 15 is 0 Å². The summed E-state index contributed by atoms with van der Waals surface area (Å²) in [5, 5.41) is 10.1. The Kier molecular flexibility index (Phi) is 5.06. The summed E-state index contributed by atoms with van der Waals surface area (Å²) in [6.07, 6.45) is 1.45. The Hall–Kier alpha value is -1.93. The lowest BCUT2D eigenvalue weighted by Gasteiger charge is -2.31. The zero-order chi connectivity index (χ0) is 17.3. The summed E-state index contributed by atoms with van der Waals surface area (Å²) in [5.74, 6) is -0.715. The third-order valence-corrected chi connectivity index (χ3v) is 4.46. The molecule has 1 aromatic carbocycles. The SMILES string of the molecule is CCOc1cc(C=C2C(=O)N(C)C(=S)N(C)C2=O)cc(Br)c1O. The summed E-state index contributed by atoms with van der Waals surface area (Å²) in [6, 6.07) is 3.16. The van der Waals surface area contributed by atoms with Crippen molar-refractivity contribution in [3.63, 3.8) is 0 Å². The second kappa shape index (κ2) is 6.67. The highest BCUT2D eigenvalue weighted by Crippen LogP contribution is 2.36. The molecular formula is C15H15BrN2O4S. The van der Waals surface area contributed by atoms with Crippen LogP contribution >= 0.6 is 28.1 Å². The molecule has 0 saturated carbocycles. The second-order valence-corrected chi connectivity index (χ2v) is 6.07. The van der Waals surface area contributed by atoms with Gasteiger partial charge in [0, 0.05) is 14.1 Å². The van der Waals surface area contributed by atoms with Crippen LogP contribution in [0, 0.1) is 0 Å². The van der Waals surface area contributed by atoms with Crippen molar-refractivity contribution in [2.24, 2.45) is 0 Å². The number of phenols is 1. The second-order valence-electron chi connectivity index (χ2n) is 4.85. The van der Waals surface area contributed by atoms with E-state index < -0.39 is 11.8 Å². The lowest BCUT2D eigenvalue weighted by molar-refractivity contribution is -0.132. The molecule has 23 heavy (non-hydrogen) atoms. The van der Waals surface area contributed by atoms with Crippen LogP contribution in [-0.2, 0) is 9.59 Å². The molecule has 0 radical (unpaired) electrons. The highest BCUT2D eigenvalue weighted by atomic mass is 79.9. The van der Waals surface area contributed by atoms with Crippen LogP contribution in [0.25, 0.3) is 6.08 Å². The molecule has 0 bridgehead atoms. The molecule has 1 saturated heterocycles. The van der Waals surface area contributed by atoms with Gasteiger partial charge in [0.1, 0.15) is 5.57 Å². The molecule has 6 nitrogen and oxygen atoms in total. The van der Waals surface area contributed by atoms with Gasteiger partial charge in [-0.3, -0.25) is 19.4 Å². The fourth-order valence-electron chi connectivity index (χ4n) is 2.08. The van der Waals surface area contributed by atoms with Crippen molar-refractivity contribution in [3.8, 4) is 11.5 Å². The predicted octanol–water partition coefficient (Wildman–Crippen LogP) is 2.15. The van der Waals surface area contributed by atoms with E-state index in [1.165, 1.54) is 30.0 Å². The van der Waals surface area contributed by atoms with Crippen molar-refractivity contribution in [2.45, 2.75) is 6.92 Å². The van der Waals surface area contributed by atoms with Crippen molar-refractivity contribution in [3.05, 3.63) is 27.7 Å². The molecular weight excluding hydrogens is 384 g/mol. The van der Waals surface area contributed by atoms with E-state index in [4.69, 9.17) is 17.0 Å². The third-order valence-electron chi connectivity index (χ3n) is 3.31. The molecule has 1 aliphatic heterocycles. The van der Waals surface area contributed by atoms with Gasteiger partial charge in [-0.25, -0.2) is 0 Å². The Morgan fingerprint density at radius 1 is 1.26 bits per heavy atom. The molecule has 2 amide bonds. The number of benzene rings is 1. The molecule has 0 unspecified atom stereocenters. The van der Waals surface area contributed by atoms with Crippen molar-refractivity contribution < 1.29 is 19.4 Å². The van der Waals surface area contributed by atoms with E-state index in [1.54, 1.807) is 19.1 Å². The predicted molar refractivity (Wildman–Crippen MR) is 93.1 cm³/mol. The van der Waals surface area contributed by atoms with E-state index in [9.17, 15) is 14.7 Å². The summed E-state index contributed by atoms with van der Waals surface area (Å²) >= 11 is 8.26. The standard InChI is InChI=1S/C15H15BrN2O4S/c1-4-22-11-7-8(6-10(16)12(11)19)5-9-13(20)17(2)15(23)18(3)14(9)21/h5-7,19H,4H2,1-3H3. The lowest BCUT2D eigenvalue weighted by Crippen LogP contribution is -2.52. The normalized spacial score (nSPS) is 15.3. The van der Waals surface area contributed by atoms with Gasteiger partial charge in [0.05, 0.1) is 11.1 Å². The Bertz CT molecular complexity index is 706. The average molecular weight is 399 g/mol. The molecule has 1 heterocycles. The maximum atomic E-state index is 12.3. The van der Waals surface area contributed by atoms with E-state index in [1.807, 2.05) is 0 Å². The zero-order valence-corrected chi connectivity index (χ0v) is 15.2. The van der Waals surface area contributed by atoms with Gasteiger partial charge < -0.3 is 9.84 Å². The first-order valence-corrected chi connectivity index (χ1v) is 7.95. The Morgan fingerprint density at radius 2 is 1.83 bits per heavy atom. The van der Waals surface area contributed by atoms with Gasteiger partial charge >= 0.3 is 0 Å². The highest BCUT2D eigenvalue weighted by molar-refractivity contribution is 9.10. The quantitative estimate of drug-likeness (QED) is 0.479. The van der Waals surface area contributed by atoms with Crippen LogP contribution in [0.2, 0.25) is 0 Å². The number of amides is 2. The van der Waals surface area contributed by atoms with Crippen molar-refractivity contribution in [1.29, 1.82) is 0 Å². The lowest BCUT2D eigenvalue weighted by atomic mass is 10.1. The van der Waals surface area contributed by atoms with Crippen LogP contribution in [0.1, 0.15) is 12.5 Å². The summed E-state index contributed by atoms with van der Waals surface area (Å²) in [6.45, 7) is 2.16. The first-order chi connectivity index (χ1) is 10.8. The Labute approximate surface area is 147 Å². The van der Waals surface area contributed by atoms with Gasteiger partial charge in [-0.2, -0.15) is 0 Å². The van der Waals surface area contributed by atoms with Crippen LogP contribution in [0.5, 0.6) is 11.5 Å². The molecule has 1 aromatic rings. The molecule has 122 valence electrons. The third kappa shape index (κ3) is 3.23. The zero-order valence-electron chi connectivity index (χ0n) is 12.8. The molecule has 0 spiro atoms. The Morgan fingerprint density at radius 3 is 2.35 bits per heavy atom. The van der Waals surface area contributed by atoms with Crippen LogP contribution in [0.3, 0.4) is 0 Å². The fraction of sp³-hybridized carbons (Fsp3) is 0.267. The monoisotopic (exact) mass is 398 g/mol. The number of carbonyl (C=O) groups excluding carboxylic acids is 2. The summed E-state index contributed by atoms with van der Waals surface area (Å²) < 4.78 is 5.75. The van der Waals surface area contributed by atoms with Crippen LogP contribution in [-0.4, -0.2) is 52.5 Å². The van der Waals surface area contributed by atoms with Gasteiger partial charge in [-0.1, -0.05) is 0 Å². The minimum Gasteiger partial charge on any atom is -0.503 e. The largest absolute Gasteiger partial charge is 0.503 e. The fourth-order valence-corrected chi connectivity index (χ4v) is 2.71.